The number of aliphatic hydroxyl groups excluding tert-OH is 1. The molecule has 4 unspecified atom stereocenters. The number of ether oxygens (including phenoxy) is 3. The zero-order chi connectivity index (χ0) is 30.1. The summed E-state index contributed by atoms with van der Waals surface area (Å²) in [5, 5.41) is 17.2. The highest BCUT2D eigenvalue weighted by molar-refractivity contribution is 6.13. The van der Waals surface area contributed by atoms with Crippen LogP contribution in [-0.4, -0.2) is 61.8 Å². The number of fused-ring (bicyclic) bond motifs is 2. The molecule has 9 heteroatoms. The van der Waals surface area contributed by atoms with E-state index in [0.29, 0.717) is 19.4 Å². The summed E-state index contributed by atoms with van der Waals surface area (Å²) in [5.41, 5.74) is -0.129. The summed E-state index contributed by atoms with van der Waals surface area (Å²) >= 11 is 0. The van der Waals surface area contributed by atoms with Crippen molar-refractivity contribution in [1.29, 1.82) is 0 Å². The average molecular weight is 578 g/mol. The van der Waals surface area contributed by atoms with E-state index < -0.39 is 35.2 Å². The number of hydrogen-bond donors (Lipinski definition) is 1. The van der Waals surface area contributed by atoms with E-state index in [4.69, 9.17) is 24.2 Å². The average Bonchev–Trinajstić information content (AvgIpc) is 3.83. The summed E-state index contributed by atoms with van der Waals surface area (Å²) in [6, 6.07) is 18.0. The quantitative estimate of drug-likeness (QED) is 0.0498. The van der Waals surface area contributed by atoms with Crippen molar-refractivity contribution in [3.8, 4) is 0 Å². The number of nitrogens with zero attached hydrogens (tertiary/aromatic N) is 1. The summed E-state index contributed by atoms with van der Waals surface area (Å²) in [4.78, 5) is 44.3. The maximum absolute atomic E-state index is 13.1. The molecule has 3 aromatic carbocycles. The first kappa shape index (κ1) is 31.1. The van der Waals surface area contributed by atoms with Gasteiger partial charge in [-0.15, -0.1) is 0 Å². The Hall–Kier alpha value is -3.82. The van der Waals surface area contributed by atoms with Gasteiger partial charge >= 0.3 is 17.9 Å². The predicted molar refractivity (Wildman–Crippen MR) is 159 cm³/mol. The minimum atomic E-state index is -0.966. The van der Waals surface area contributed by atoms with Gasteiger partial charge in [0.2, 0.25) is 0 Å². The van der Waals surface area contributed by atoms with E-state index in [2.05, 4.69) is 11.2 Å². The van der Waals surface area contributed by atoms with Crippen LogP contribution in [0.15, 0.2) is 59.8 Å². The van der Waals surface area contributed by atoms with Crippen molar-refractivity contribution in [2.75, 3.05) is 26.4 Å². The number of esters is 2. The minimum Gasteiger partial charge on any atom is -0.465 e. The molecule has 0 amide bonds. The molecule has 1 saturated heterocycles. The van der Waals surface area contributed by atoms with Crippen LogP contribution in [0.3, 0.4) is 0 Å². The number of epoxide rings is 1. The number of oxime groups is 1. The second kappa shape index (κ2) is 14.4. The third kappa shape index (κ3) is 7.92. The van der Waals surface area contributed by atoms with Crippen LogP contribution in [0, 0.1) is 17.3 Å². The Bertz CT molecular complexity index is 1380. The number of carbonyl (C=O) groups is 3. The van der Waals surface area contributed by atoms with Crippen molar-refractivity contribution in [3.63, 3.8) is 0 Å². The summed E-state index contributed by atoms with van der Waals surface area (Å²) in [6.45, 7) is 5.92. The van der Waals surface area contributed by atoms with E-state index >= 15 is 0 Å². The molecule has 0 spiro atoms. The molecule has 1 aliphatic heterocycles. The van der Waals surface area contributed by atoms with Gasteiger partial charge in [0.15, 0.2) is 0 Å². The van der Waals surface area contributed by atoms with Gasteiger partial charge in [0, 0.05) is 18.6 Å². The second-order valence-electron chi connectivity index (χ2n) is 11.1. The third-order valence-electron chi connectivity index (χ3n) is 7.83. The van der Waals surface area contributed by atoms with Crippen molar-refractivity contribution >= 4 is 45.7 Å². The molecule has 0 aliphatic carbocycles. The fourth-order valence-corrected chi connectivity index (χ4v) is 4.97. The van der Waals surface area contributed by atoms with Crippen molar-refractivity contribution in [2.45, 2.75) is 52.6 Å². The summed E-state index contributed by atoms with van der Waals surface area (Å²) in [7, 11) is 0. The molecule has 4 rings (SSSR count). The van der Waals surface area contributed by atoms with Crippen LogP contribution in [0.1, 0.15) is 52.0 Å². The lowest BCUT2D eigenvalue weighted by atomic mass is 9.76. The van der Waals surface area contributed by atoms with Crippen LogP contribution in [0.2, 0.25) is 0 Å². The van der Waals surface area contributed by atoms with Gasteiger partial charge in [-0.05, 0) is 53.8 Å². The highest BCUT2D eigenvalue weighted by Crippen LogP contribution is 2.35. The third-order valence-corrected chi connectivity index (χ3v) is 7.83. The minimum absolute atomic E-state index is 0.0419. The van der Waals surface area contributed by atoms with E-state index in [-0.39, 0.29) is 38.8 Å². The highest BCUT2D eigenvalue weighted by Gasteiger charge is 2.40. The fourth-order valence-electron chi connectivity index (χ4n) is 4.97. The molecule has 0 radical (unpaired) electrons. The monoisotopic (exact) mass is 577 g/mol. The van der Waals surface area contributed by atoms with Gasteiger partial charge in [0.25, 0.3) is 0 Å². The van der Waals surface area contributed by atoms with Gasteiger partial charge in [-0.1, -0.05) is 67.5 Å². The molecule has 3 aromatic rings. The van der Waals surface area contributed by atoms with Crippen LogP contribution in [-0.2, 0) is 33.4 Å². The van der Waals surface area contributed by atoms with Gasteiger partial charge in [-0.25, -0.2) is 4.79 Å². The number of carbonyl (C=O) groups excluding carboxylic acids is 3. The van der Waals surface area contributed by atoms with Gasteiger partial charge in [-0.2, -0.15) is 0 Å². The number of rotatable bonds is 15. The lowest BCUT2D eigenvalue weighted by Crippen LogP contribution is -2.36. The fraction of sp³-hybridized carbons (Fsp3) is 0.455. The first-order valence-corrected chi connectivity index (χ1v) is 14.5. The molecule has 1 N–H and O–H groups in total. The van der Waals surface area contributed by atoms with Crippen LogP contribution in [0.25, 0.3) is 21.5 Å². The first-order valence-electron chi connectivity index (χ1n) is 14.5. The lowest BCUT2D eigenvalue weighted by Gasteiger charge is -2.30. The number of aliphatic hydroxyl groups is 1. The Morgan fingerprint density at radius 1 is 1.07 bits per heavy atom. The van der Waals surface area contributed by atoms with Crippen molar-refractivity contribution in [2.24, 2.45) is 22.4 Å². The van der Waals surface area contributed by atoms with E-state index in [0.717, 1.165) is 27.1 Å². The predicted octanol–water partition coefficient (Wildman–Crippen LogP) is 5.19. The molecule has 0 bridgehead atoms. The Balaban J connectivity index is 1.46. The zero-order valence-electron chi connectivity index (χ0n) is 24.4. The van der Waals surface area contributed by atoms with Crippen molar-refractivity contribution in [3.05, 3.63) is 60.2 Å². The SMILES string of the molecule is CCC(C)(CC(CC(C)C(=O)ON=Cc1c2ccccc2cc2ccccc12)C(=O)OCCCO)C(=O)OCC1CO1. The van der Waals surface area contributed by atoms with Gasteiger partial charge < -0.3 is 24.2 Å². The van der Waals surface area contributed by atoms with Gasteiger partial charge in [0.05, 0.1) is 36.7 Å². The first-order chi connectivity index (χ1) is 20.3. The molecule has 9 nitrogen and oxygen atoms in total. The second-order valence-corrected chi connectivity index (χ2v) is 11.1. The van der Waals surface area contributed by atoms with E-state index in [1.165, 1.54) is 0 Å². The summed E-state index contributed by atoms with van der Waals surface area (Å²) in [6.07, 6.45) is 2.43. The Morgan fingerprint density at radius 3 is 2.31 bits per heavy atom. The Morgan fingerprint density at radius 2 is 1.71 bits per heavy atom. The Labute approximate surface area is 245 Å². The smallest absolute Gasteiger partial charge is 0.337 e. The topological polar surface area (TPSA) is 124 Å². The molecular weight excluding hydrogens is 538 g/mol. The largest absolute Gasteiger partial charge is 0.465 e. The molecule has 1 fully saturated rings. The van der Waals surface area contributed by atoms with Gasteiger partial charge in [0.1, 0.15) is 12.7 Å². The maximum Gasteiger partial charge on any atom is 0.337 e. The van der Waals surface area contributed by atoms with Crippen molar-refractivity contribution < 1.29 is 38.5 Å². The summed E-state index contributed by atoms with van der Waals surface area (Å²) < 4.78 is 15.9. The van der Waals surface area contributed by atoms with Crippen LogP contribution < -0.4 is 0 Å². The molecule has 1 heterocycles. The van der Waals surface area contributed by atoms with Crippen LogP contribution >= 0.6 is 0 Å². The number of benzene rings is 3. The van der Waals surface area contributed by atoms with Crippen molar-refractivity contribution in [1.82, 2.24) is 0 Å². The molecule has 4 atom stereocenters. The standard InChI is InChI=1S/C33H39NO8/c1-4-33(3,32(38)41-21-26-20-40-26)18-25(31(37)39-15-9-14-35)16-22(2)30(36)42-34-19-29-27-12-7-5-10-23(27)17-24-11-6-8-13-28(24)29/h5-8,10-13,17,19,22,25-26,35H,4,9,14-16,18,20-21H2,1-3H3. The van der Waals surface area contributed by atoms with E-state index in [9.17, 15) is 14.4 Å². The number of hydrogen-bond acceptors (Lipinski definition) is 9. The highest BCUT2D eigenvalue weighted by atomic mass is 16.7. The van der Waals surface area contributed by atoms with E-state index in [1.54, 1.807) is 20.1 Å². The maximum atomic E-state index is 13.1. The molecular formula is C33H39NO8. The zero-order valence-corrected chi connectivity index (χ0v) is 24.4. The lowest BCUT2D eigenvalue weighted by molar-refractivity contribution is -0.160. The molecule has 0 saturated carbocycles. The molecule has 1 aliphatic rings. The van der Waals surface area contributed by atoms with E-state index in [1.807, 2.05) is 55.5 Å². The molecule has 0 aromatic heterocycles. The normalized spacial score (nSPS) is 17.5. The van der Waals surface area contributed by atoms with Gasteiger partial charge in [-0.3, -0.25) is 9.59 Å². The summed E-state index contributed by atoms with van der Waals surface area (Å²) in [5.74, 6) is -3.04. The Kier molecular flexibility index (Phi) is 10.7. The molecule has 42 heavy (non-hydrogen) atoms. The molecule has 224 valence electrons. The van der Waals surface area contributed by atoms with Crippen LogP contribution in [0.5, 0.6) is 0 Å². The van der Waals surface area contributed by atoms with Crippen LogP contribution in [0.4, 0.5) is 0 Å².